The normalized spacial score (nSPS) is 18.0. The number of para-hydroxylation sites is 1. The van der Waals surface area contributed by atoms with Gasteiger partial charge in [0, 0.05) is 30.5 Å². The number of rotatable bonds is 3. The summed E-state index contributed by atoms with van der Waals surface area (Å²) >= 11 is 0. The van der Waals surface area contributed by atoms with Crippen molar-refractivity contribution in [1.29, 1.82) is 0 Å². The minimum atomic E-state index is 0.541. The van der Waals surface area contributed by atoms with E-state index in [0.717, 1.165) is 30.9 Å². The topological polar surface area (TPSA) is 28.2 Å². The lowest BCUT2D eigenvalue weighted by atomic mass is 10.1. The van der Waals surface area contributed by atoms with E-state index >= 15 is 0 Å². The van der Waals surface area contributed by atoms with Gasteiger partial charge >= 0.3 is 0 Å². The number of aromatic nitrogens is 1. The monoisotopic (exact) mass is 281 g/mol. The molecule has 0 amide bonds. The van der Waals surface area contributed by atoms with Gasteiger partial charge in [-0.1, -0.05) is 24.3 Å². The summed E-state index contributed by atoms with van der Waals surface area (Å²) in [6.07, 6.45) is 2.33. The van der Waals surface area contributed by atoms with Crippen LogP contribution in [0.3, 0.4) is 0 Å². The standard InChI is InChI=1S/C18H23N3/c1-14-6-5-8-16(20-14)13-21(2)17-11-10-15-7-3-4-9-18(15)19-12-17/h3-9,17,19H,10-13H2,1-2H3. The maximum absolute atomic E-state index is 4.61. The van der Waals surface area contributed by atoms with E-state index in [9.17, 15) is 0 Å². The van der Waals surface area contributed by atoms with Crippen molar-refractivity contribution in [3.05, 3.63) is 59.4 Å². The zero-order chi connectivity index (χ0) is 14.7. The minimum Gasteiger partial charge on any atom is -0.383 e. The van der Waals surface area contributed by atoms with Gasteiger partial charge in [-0.25, -0.2) is 0 Å². The van der Waals surface area contributed by atoms with Crippen molar-refractivity contribution in [2.24, 2.45) is 0 Å². The molecule has 21 heavy (non-hydrogen) atoms. The SMILES string of the molecule is Cc1cccc(CN(C)C2CCc3ccccc3NC2)n1. The number of hydrogen-bond acceptors (Lipinski definition) is 3. The van der Waals surface area contributed by atoms with Crippen molar-refractivity contribution >= 4 is 5.69 Å². The average Bonchev–Trinajstić information content (AvgIpc) is 2.70. The third-order valence-corrected chi connectivity index (χ3v) is 4.27. The molecular weight excluding hydrogens is 258 g/mol. The molecule has 1 unspecified atom stereocenters. The fourth-order valence-corrected chi connectivity index (χ4v) is 3.01. The second kappa shape index (κ2) is 6.27. The second-order valence-electron chi connectivity index (χ2n) is 5.92. The lowest BCUT2D eigenvalue weighted by Gasteiger charge is -2.26. The molecule has 0 aliphatic carbocycles. The lowest BCUT2D eigenvalue weighted by Crippen LogP contribution is -2.36. The highest BCUT2D eigenvalue weighted by Crippen LogP contribution is 2.23. The van der Waals surface area contributed by atoms with Crippen LogP contribution in [-0.2, 0) is 13.0 Å². The first-order valence-corrected chi connectivity index (χ1v) is 7.67. The maximum atomic E-state index is 4.61. The van der Waals surface area contributed by atoms with Crippen LogP contribution in [0, 0.1) is 6.92 Å². The second-order valence-corrected chi connectivity index (χ2v) is 5.92. The first-order chi connectivity index (χ1) is 10.2. The third kappa shape index (κ3) is 3.42. The fourth-order valence-electron chi connectivity index (χ4n) is 3.01. The molecule has 2 heterocycles. The third-order valence-electron chi connectivity index (χ3n) is 4.27. The van der Waals surface area contributed by atoms with E-state index in [-0.39, 0.29) is 0 Å². The van der Waals surface area contributed by atoms with E-state index < -0.39 is 0 Å². The van der Waals surface area contributed by atoms with Gasteiger partial charge in [0.25, 0.3) is 0 Å². The number of benzene rings is 1. The average molecular weight is 281 g/mol. The van der Waals surface area contributed by atoms with Crippen molar-refractivity contribution in [3.63, 3.8) is 0 Å². The Morgan fingerprint density at radius 1 is 1.19 bits per heavy atom. The molecule has 3 nitrogen and oxygen atoms in total. The molecule has 1 aromatic carbocycles. The highest BCUT2D eigenvalue weighted by Gasteiger charge is 2.19. The van der Waals surface area contributed by atoms with Crippen LogP contribution in [-0.4, -0.2) is 29.5 Å². The van der Waals surface area contributed by atoms with Crippen molar-refractivity contribution < 1.29 is 0 Å². The number of anilines is 1. The Labute approximate surface area is 127 Å². The number of hydrogen-bond donors (Lipinski definition) is 1. The summed E-state index contributed by atoms with van der Waals surface area (Å²) in [6, 6.07) is 15.4. The Hall–Kier alpha value is -1.87. The molecule has 0 saturated heterocycles. The van der Waals surface area contributed by atoms with Crippen LogP contribution in [0.4, 0.5) is 5.69 Å². The molecule has 0 spiro atoms. The highest BCUT2D eigenvalue weighted by atomic mass is 15.2. The Balaban J connectivity index is 1.65. The predicted molar refractivity (Wildman–Crippen MR) is 87.5 cm³/mol. The Morgan fingerprint density at radius 3 is 2.90 bits per heavy atom. The molecule has 1 aliphatic heterocycles. The summed E-state index contributed by atoms with van der Waals surface area (Å²) in [5, 5.41) is 3.59. The van der Waals surface area contributed by atoms with E-state index in [2.05, 4.69) is 58.6 Å². The lowest BCUT2D eigenvalue weighted by molar-refractivity contribution is 0.231. The summed E-state index contributed by atoms with van der Waals surface area (Å²) in [5.74, 6) is 0. The first kappa shape index (κ1) is 14.1. The van der Waals surface area contributed by atoms with E-state index in [1.165, 1.54) is 17.7 Å². The van der Waals surface area contributed by atoms with Crippen molar-refractivity contribution in [2.75, 3.05) is 18.9 Å². The Kier molecular flexibility index (Phi) is 4.20. The smallest absolute Gasteiger partial charge is 0.0547 e. The van der Waals surface area contributed by atoms with Gasteiger partial charge < -0.3 is 5.32 Å². The zero-order valence-electron chi connectivity index (χ0n) is 12.8. The zero-order valence-corrected chi connectivity index (χ0v) is 12.8. The molecule has 1 atom stereocenters. The van der Waals surface area contributed by atoms with Crippen molar-refractivity contribution in [3.8, 4) is 0 Å². The van der Waals surface area contributed by atoms with Gasteiger partial charge in [0.2, 0.25) is 0 Å². The molecule has 0 radical (unpaired) electrons. The summed E-state index contributed by atoms with van der Waals surface area (Å²) < 4.78 is 0. The molecule has 2 aromatic rings. The van der Waals surface area contributed by atoms with E-state index in [1.54, 1.807) is 0 Å². The minimum absolute atomic E-state index is 0.541. The Bertz CT molecular complexity index is 582. The van der Waals surface area contributed by atoms with Gasteiger partial charge in [-0.2, -0.15) is 0 Å². The van der Waals surface area contributed by atoms with Crippen LogP contribution in [0.5, 0.6) is 0 Å². The summed E-state index contributed by atoms with van der Waals surface area (Å²) in [5.41, 5.74) is 4.97. The van der Waals surface area contributed by atoms with Crippen LogP contribution in [0.15, 0.2) is 42.5 Å². The summed E-state index contributed by atoms with van der Waals surface area (Å²) in [4.78, 5) is 7.03. The Morgan fingerprint density at radius 2 is 2.05 bits per heavy atom. The predicted octanol–water partition coefficient (Wildman–Crippen LogP) is 3.25. The number of nitrogens with zero attached hydrogens (tertiary/aromatic N) is 2. The molecule has 110 valence electrons. The number of nitrogens with one attached hydrogen (secondary N) is 1. The highest BCUT2D eigenvalue weighted by molar-refractivity contribution is 5.52. The number of pyridine rings is 1. The quantitative estimate of drug-likeness (QED) is 0.936. The van der Waals surface area contributed by atoms with Crippen LogP contribution in [0.1, 0.15) is 23.4 Å². The molecule has 0 saturated carbocycles. The van der Waals surface area contributed by atoms with Crippen molar-refractivity contribution in [2.45, 2.75) is 32.4 Å². The van der Waals surface area contributed by atoms with Gasteiger partial charge in [0.1, 0.15) is 0 Å². The molecule has 0 bridgehead atoms. The molecule has 1 N–H and O–H groups in total. The van der Waals surface area contributed by atoms with Gasteiger partial charge in [0.05, 0.1) is 5.69 Å². The van der Waals surface area contributed by atoms with Crippen LogP contribution >= 0.6 is 0 Å². The number of fused-ring (bicyclic) bond motifs is 1. The van der Waals surface area contributed by atoms with Crippen LogP contribution in [0.2, 0.25) is 0 Å². The van der Waals surface area contributed by atoms with Crippen LogP contribution in [0.25, 0.3) is 0 Å². The van der Waals surface area contributed by atoms with Gasteiger partial charge in [-0.3, -0.25) is 9.88 Å². The number of likely N-dealkylation sites (N-methyl/N-ethyl adjacent to an activating group) is 1. The molecule has 3 rings (SSSR count). The van der Waals surface area contributed by atoms with Gasteiger partial charge in [-0.05, 0) is 50.6 Å². The first-order valence-electron chi connectivity index (χ1n) is 7.67. The molecule has 1 aliphatic rings. The fraction of sp³-hybridized carbons (Fsp3) is 0.389. The number of aryl methyl sites for hydroxylation is 2. The van der Waals surface area contributed by atoms with Crippen molar-refractivity contribution in [1.82, 2.24) is 9.88 Å². The molecule has 3 heteroatoms. The van der Waals surface area contributed by atoms with Crippen LogP contribution < -0.4 is 5.32 Å². The maximum Gasteiger partial charge on any atom is 0.0547 e. The van der Waals surface area contributed by atoms with E-state index in [1.807, 2.05) is 13.0 Å². The molecular formula is C18H23N3. The van der Waals surface area contributed by atoms with E-state index in [4.69, 9.17) is 0 Å². The largest absolute Gasteiger partial charge is 0.383 e. The van der Waals surface area contributed by atoms with E-state index in [0.29, 0.717) is 6.04 Å². The van der Waals surface area contributed by atoms with Gasteiger partial charge in [-0.15, -0.1) is 0 Å². The molecule has 1 aromatic heterocycles. The summed E-state index contributed by atoms with van der Waals surface area (Å²) in [6.45, 7) is 3.96. The summed E-state index contributed by atoms with van der Waals surface area (Å²) in [7, 11) is 2.20. The van der Waals surface area contributed by atoms with Gasteiger partial charge in [0.15, 0.2) is 0 Å². The molecule has 0 fully saturated rings.